The van der Waals surface area contributed by atoms with E-state index in [1.54, 1.807) is 34.5 Å². The summed E-state index contributed by atoms with van der Waals surface area (Å²) in [5, 5.41) is 8.25. The summed E-state index contributed by atoms with van der Waals surface area (Å²) >= 11 is 0. The molecule has 1 aliphatic heterocycles. The maximum Gasteiger partial charge on any atom is 0.257 e. The number of pyridine rings is 1. The molecular weight excluding hydrogens is 397 g/mol. The van der Waals surface area contributed by atoms with Crippen molar-refractivity contribution in [3.05, 3.63) is 53.9 Å². The van der Waals surface area contributed by atoms with Gasteiger partial charge in [-0.3, -0.25) is 9.48 Å². The maximum absolute atomic E-state index is 14.4. The molecule has 0 aliphatic carbocycles. The number of aromatic nitrogens is 4. The van der Waals surface area contributed by atoms with Crippen molar-refractivity contribution in [2.75, 3.05) is 29.9 Å². The van der Waals surface area contributed by atoms with Crippen molar-refractivity contribution in [1.82, 2.24) is 19.2 Å². The number of hydrogen-bond donors (Lipinski definition) is 2. The molecule has 1 fully saturated rings. The number of rotatable bonds is 4. The standard InChI is InChI=1S/C22H24FN7O/c1-13-9-30-11-15(7-18(23)21(30)25-13)26-22(31)16-3-4-19(17-12-28(2)27-20(16)17)29-6-5-14(8-24)10-29/h3-4,7,9,11-12,14H,5-6,8,10,24H2,1-2H3,(H,26,31). The Morgan fingerprint density at radius 2 is 2.16 bits per heavy atom. The molecule has 1 atom stereocenters. The molecule has 160 valence electrons. The molecule has 0 spiro atoms. The number of carbonyl (C=O) groups excluding carboxylic acids is 1. The molecule has 0 saturated carbocycles. The number of halogens is 1. The fourth-order valence-electron chi connectivity index (χ4n) is 4.35. The lowest BCUT2D eigenvalue weighted by atomic mass is 10.1. The number of nitrogens with one attached hydrogen (secondary N) is 1. The second kappa shape index (κ2) is 7.35. The second-order valence-electron chi connectivity index (χ2n) is 8.18. The van der Waals surface area contributed by atoms with Crippen molar-refractivity contribution in [1.29, 1.82) is 0 Å². The molecule has 0 radical (unpaired) electrons. The van der Waals surface area contributed by atoms with Crippen LogP contribution in [0.2, 0.25) is 0 Å². The average molecular weight is 421 g/mol. The molecule has 4 heterocycles. The predicted octanol–water partition coefficient (Wildman–Crippen LogP) is 2.71. The molecule has 5 rings (SSSR count). The normalized spacial score (nSPS) is 16.5. The van der Waals surface area contributed by atoms with E-state index in [0.29, 0.717) is 34.9 Å². The highest BCUT2D eigenvalue weighted by Crippen LogP contribution is 2.32. The van der Waals surface area contributed by atoms with Crippen LogP contribution in [-0.4, -0.2) is 44.7 Å². The number of carbonyl (C=O) groups is 1. The lowest BCUT2D eigenvalue weighted by Gasteiger charge is -2.20. The molecule has 3 aromatic heterocycles. The van der Waals surface area contributed by atoms with Gasteiger partial charge in [-0.2, -0.15) is 5.10 Å². The van der Waals surface area contributed by atoms with Crippen LogP contribution in [0.3, 0.4) is 0 Å². The van der Waals surface area contributed by atoms with Crippen LogP contribution in [0.5, 0.6) is 0 Å². The summed E-state index contributed by atoms with van der Waals surface area (Å²) in [5.74, 6) is -0.355. The molecule has 31 heavy (non-hydrogen) atoms. The van der Waals surface area contributed by atoms with Crippen LogP contribution < -0.4 is 16.0 Å². The van der Waals surface area contributed by atoms with Gasteiger partial charge in [-0.05, 0) is 37.9 Å². The van der Waals surface area contributed by atoms with E-state index in [-0.39, 0.29) is 11.6 Å². The third-order valence-corrected chi connectivity index (χ3v) is 5.86. The molecule has 1 amide bonds. The van der Waals surface area contributed by atoms with Crippen LogP contribution in [0.4, 0.5) is 15.8 Å². The van der Waals surface area contributed by atoms with Crippen molar-refractivity contribution in [2.24, 2.45) is 18.7 Å². The van der Waals surface area contributed by atoms with Crippen LogP contribution >= 0.6 is 0 Å². The van der Waals surface area contributed by atoms with E-state index >= 15 is 0 Å². The Labute approximate surface area is 178 Å². The second-order valence-corrected chi connectivity index (χ2v) is 8.18. The minimum atomic E-state index is -0.493. The fraction of sp³-hybridized carbons (Fsp3) is 0.318. The van der Waals surface area contributed by atoms with E-state index in [1.807, 2.05) is 19.3 Å². The molecule has 8 nitrogen and oxygen atoms in total. The first-order valence-corrected chi connectivity index (χ1v) is 10.3. The molecular formula is C22H24FN7O. The Balaban J connectivity index is 1.49. The minimum absolute atomic E-state index is 0.230. The first kappa shape index (κ1) is 19.5. The molecule has 1 unspecified atom stereocenters. The summed E-state index contributed by atoms with van der Waals surface area (Å²) in [4.78, 5) is 19.5. The molecule has 3 N–H and O–H groups in total. The van der Waals surface area contributed by atoms with Crippen molar-refractivity contribution in [3.8, 4) is 0 Å². The van der Waals surface area contributed by atoms with E-state index in [0.717, 1.165) is 30.6 Å². The van der Waals surface area contributed by atoms with E-state index in [1.165, 1.54) is 6.07 Å². The van der Waals surface area contributed by atoms with Crippen LogP contribution in [0.25, 0.3) is 16.6 Å². The first-order chi connectivity index (χ1) is 14.9. The zero-order chi connectivity index (χ0) is 21.7. The lowest BCUT2D eigenvalue weighted by molar-refractivity contribution is 0.102. The summed E-state index contributed by atoms with van der Waals surface area (Å²) in [6.07, 6.45) is 6.35. The Bertz CT molecular complexity index is 1310. The maximum atomic E-state index is 14.4. The van der Waals surface area contributed by atoms with Crippen LogP contribution in [0.1, 0.15) is 22.5 Å². The molecule has 1 aromatic carbocycles. The smallest absolute Gasteiger partial charge is 0.257 e. The van der Waals surface area contributed by atoms with Crippen molar-refractivity contribution in [3.63, 3.8) is 0 Å². The number of hydrogen-bond acceptors (Lipinski definition) is 5. The average Bonchev–Trinajstić information content (AvgIpc) is 3.44. The number of fused-ring (bicyclic) bond motifs is 2. The largest absolute Gasteiger partial charge is 0.371 e. The SMILES string of the molecule is Cc1cn2cc(NC(=O)c3ccc(N4CCC(CN)C4)c4cn(C)nc34)cc(F)c2n1. The summed E-state index contributed by atoms with van der Waals surface area (Å²) in [5.41, 5.74) is 9.24. The Hall–Kier alpha value is -3.46. The fourth-order valence-corrected chi connectivity index (χ4v) is 4.35. The summed E-state index contributed by atoms with van der Waals surface area (Å²) in [6.45, 7) is 4.29. The number of aryl methyl sites for hydroxylation is 2. The highest BCUT2D eigenvalue weighted by molar-refractivity contribution is 6.13. The van der Waals surface area contributed by atoms with Gasteiger partial charge >= 0.3 is 0 Å². The highest BCUT2D eigenvalue weighted by Gasteiger charge is 2.25. The molecule has 1 saturated heterocycles. The van der Waals surface area contributed by atoms with Gasteiger partial charge in [-0.25, -0.2) is 9.37 Å². The van der Waals surface area contributed by atoms with Crippen LogP contribution in [0.15, 0.2) is 36.8 Å². The van der Waals surface area contributed by atoms with E-state index in [4.69, 9.17) is 5.73 Å². The Morgan fingerprint density at radius 3 is 2.94 bits per heavy atom. The summed E-state index contributed by atoms with van der Waals surface area (Å²) in [7, 11) is 1.84. The van der Waals surface area contributed by atoms with Gasteiger partial charge in [0.05, 0.1) is 16.9 Å². The third-order valence-electron chi connectivity index (χ3n) is 5.86. The third kappa shape index (κ3) is 3.40. The number of imidazole rings is 1. The zero-order valence-corrected chi connectivity index (χ0v) is 17.5. The Morgan fingerprint density at radius 1 is 1.32 bits per heavy atom. The van der Waals surface area contributed by atoms with Crippen LogP contribution in [0, 0.1) is 18.7 Å². The van der Waals surface area contributed by atoms with Gasteiger partial charge in [0, 0.05) is 55.9 Å². The summed E-state index contributed by atoms with van der Waals surface area (Å²) < 4.78 is 17.7. The highest BCUT2D eigenvalue weighted by atomic mass is 19.1. The molecule has 0 bridgehead atoms. The van der Waals surface area contributed by atoms with E-state index < -0.39 is 5.82 Å². The minimum Gasteiger partial charge on any atom is -0.371 e. The summed E-state index contributed by atoms with van der Waals surface area (Å²) in [6, 6.07) is 5.02. The van der Waals surface area contributed by atoms with Gasteiger partial charge in [0.15, 0.2) is 11.5 Å². The molecule has 9 heteroatoms. The van der Waals surface area contributed by atoms with Gasteiger partial charge in [0.1, 0.15) is 5.52 Å². The van der Waals surface area contributed by atoms with Gasteiger partial charge in [-0.1, -0.05) is 0 Å². The monoisotopic (exact) mass is 421 g/mol. The quantitative estimate of drug-likeness (QED) is 0.529. The zero-order valence-electron chi connectivity index (χ0n) is 17.5. The first-order valence-electron chi connectivity index (χ1n) is 10.3. The van der Waals surface area contributed by atoms with E-state index in [9.17, 15) is 9.18 Å². The Kier molecular flexibility index (Phi) is 4.62. The van der Waals surface area contributed by atoms with E-state index in [2.05, 4.69) is 20.3 Å². The van der Waals surface area contributed by atoms with Crippen molar-refractivity contribution in [2.45, 2.75) is 13.3 Å². The molecule has 4 aromatic rings. The van der Waals surface area contributed by atoms with Crippen molar-refractivity contribution >= 4 is 33.8 Å². The molecule has 1 aliphatic rings. The number of anilines is 2. The number of amides is 1. The van der Waals surface area contributed by atoms with Crippen molar-refractivity contribution < 1.29 is 9.18 Å². The number of nitrogens with two attached hydrogens (primary N) is 1. The van der Waals surface area contributed by atoms with Gasteiger partial charge in [-0.15, -0.1) is 0 Å². The topological polar surface area (TPSA) is 93.5 Å². The lowest BCUT2D eigenvalue weighted by Crippen LogP contribution is -2.23. The van der Waals surface area contributed by atoms with Gasteiger partial charge in [0.2, 0.25) is 0 Å². The number of nitrogens with zero attached hydrogens (tertiary/aromatic N) is 5. The van der Waals surface area contributed by atoms with Crippen LogP contribution in [-0.2, 0) is 7.05 Å². The van der Waals surface area contributed by atoms with Gasteiger partial charge < -0.3 is 20.4 Å². The van der Waals surface area contributed by atoms with Gasteiger partial charge in [0.25, 0.3) is 5.91 Å². The number of benzene rings is 1. The predicted molar refractivity (Wildman–Crippen MR) is 118 cm³/mol.